The summed E-state index contributed by atoms with van der Waals surface area (Å²) in [6, 6.07) is 4.11. The number of rotatable bonds is 3. The zero-order valence-corrected chi connectivity index (χ0v) is 16.2. The normalized spacial score (nSPS) is 40.2. The number of piperidine rings is 1. The first-order valence-corrected chi connectivity index (χ1v) is 10.4. The summed E-state index contributed by atoms with van der Waals surface area (Å²) in [6.07, 6.45) is 7.14. The standard InChI is InChI=1S/C23H29NO3/c1-3-16-6-7-17-12-19-23(27)9-8-18(25)13-22(23,20(17)21(16)26)10-11-24(19,2)14-15-4-5-15/h3,6-7,15,19,27H,1,4-5,8-14H2,2H3/p+1/t19-,22-,23-,24?/m1/s1. The van der Waals surface area contributed by atoms with E-state index in [4.69, 9.17) is 0 Å². The fourth-order valence-electron chi connectivity index (χ4n) is 6.71. The van der Waals surface area contributed by atoms with Crippen LogP contribution in [0.1, 0.15) is 55.2 Å². The first kappa shape index (κ1) is 17.4. The van der Waals surface area contributed by atoms with Crippen molar-refractivity contribution in [2.75, 3.05) is 20.1 Å². The van der Waals surface area contributed by atoms with Crippen molar-refractivity contribution in [3.63, 3.8) is 0 Å². The first-order chi connectivity index (χ1) is 12.8. The first-order valence-electron chi connectivity index (χ1n) is 10.4. The van der Waals surface area contributed by atoms with Crippen LogP contribution < -0.4 is 0 Å². The molecule has 1 saturated heterocycles. The van der Waals surface area contributed by atoms with Gasteiger partial charge in [-0.05, 0) is 24.8 Å². The maximum atomic E-state index is 12.6. The molecule has 144 valence electrons. The predicted octanol–water partition coefficient (Wildman–Crippen LogP) is 2.94. The molecule has 0 aromatic heterocycles. The maximum Gasteiger partial charge on any atom is 0.134 e. The highest BCUT2D eigenvalue weighted by Gasteiger charge is 2.70. The largest absolute Gasteiger partial charge is 0.507 e. The lowest BCUT2D eigenvalue weighted by atomic mass is 9.48. The van der Waals surface area contributed by atoms with Crippen molar-refractivity contribution < 1.29 is 19.5 Å². The van der Waals surface area contributed by atoms with Gasteiger partial charge in [0.05, 0.1) is 20.1 Å². The summed E-state index contributed by atoms with van der Waals surface area (Å²) in [5, 5.41) is 23.2. The summed E-state index contributed by atoms with van der Waals surface area (Å²) >= 11 is 0. The van der Waals surface area contributed by atoms with Crippen molar-refractivity contribution >= 4 is 11.9 Å². The number of fused-ring (bicyclic) bond motifs is 1. The molecule has 1 aromatic rings. The number of Topliss-reactive ketones (excluding diaryl/α,β-unsaturated/α-hetero) is 1. The Balaban J connectivity index is 1.73. The molecule has 4 heteroatoms. The number of likely N-dealkylation sites (N-methyl/N-ethyl adjacent to an activating group) is 1. The van der Waals surface area contributed by atoms with Crippen LogP contribution in [0.4, 0.5) is 0 Å². The van der Waals surface area contributed by atoms with E-state index in [0.29, 0.717) is 24.8 Å². The van der Waals surface area contributed by atoms with Crippen LogP contribution >= 0.6 is 0 Å². The monoisotopic (exact) mass is 368 g/mol. The van der Waals surface area contributed by atoms with Gasteiger partial charge in [0.15, 0.2) is 0 Å². The third-order valence-corrected chi connectivity index (χ3v) is 8.25. The van der Waals surface area contributed by atoms with Gasteiger partial charge in [-0.25, -0.2) is 0 Å². The number of quaternary nitrogens is 1. The van der Waals surface area contributed by atoms with Gasteiger partial charge in [0.25, 0.3) is 0 Å². The number of carbonyl (C=O) groups is 1. The van der Waals surface area contributed by atoms with E-state index in [-0.39, 0.29) is 17.6 Å². The van der Waals surface area contributed by atoms with E-state index in [2.05, 4.69) is 19.7 Å². The van der Waals surface area contributed by atoms with Gasteiger partial charge in [-0.15, -0.1) is 0 Å². The van der Waals surface area contributed by atoms with E-state index in [1.165, 1.54) is 12.8 Å². The van der Waals surface area contributed by atoms with E-state index >= 15 is 0 Å². The van der Waals surface area contributed by atoms with E-state index in [1.807, 2.05) is 6.07 Å². The third-order valence-electron chi connectivity index (χ3n) is 8.25. The lowest BCUT2D eigenvalue weighted by Crippen LogP contribution is -2.78. The molecule has 27 heavy (non-hydrogen) atoms. The number of hydrogen-bond donors (Lipinski definition) is 2. The van der Waals surface area contributed by atoms with Gasteiger partial charge in [-0.1, -0.05) is 24.8 Å². The van der Waals surface area contributed by atoms with Gasteiger partial charge in [-0.2, -0.15) is 0 Å². The van der Waals surface area contributed by atoms with Gasteiger partial charge in [0.2, 0.25) is 0 Å². The number of likely N-dealkylation sites (tertiary alicyclic amines) is 1. The molecule has 0 spiro atoms. The number of nitrogens with zero attached hydrogens (tertiary/aromatic N) is 1. The summed E-state index contributed by atoms with van der Waals surface area (Å²) in [5.74, 6) is 1.23. The van der Waals surface area contributed by atoms with Crippen molar-refractivity contribution in [1.29, 1.82) is 0 Å². The molecule has 4 aliphatic rings. The maximum absolute atomic E-state index is 12.6. The second kappa shape index (κ2) is 5.45. The van der Waals surface area contributed by atoms with Gasteiger partial charge in [0, 0.05) is 48.1 Å². The quantitative estimate of drug-likeness (QED) is 0.807. The number of hydrogen-bond acceptors (Lipinski definition) is 3. The molecule has 4 atom stereocenters. The van der Waals surface area contributed by atoms with E-state index < -0.39 is 11.0 Å². The van der Waals surface area contributed by atoms with Crippen LogP contribution in [0.25, 0.3) is 6.08 Å². The highest BCUT2D eigenvalue weighted by Crippen LogP contribution is 2.61. The molecule has 0 radical (unpaired) electrons. The van der Waals surface area contributed by atoms with Crippen LogP contribution in [0, 0.1) is 5.92 Å². The van der Waals surface area contributed by atoms with E-state index in [0.717, 1.165) is 47.5 Å². The molecule has 1 aromatic carbocycles. The smallest absolute Gasteiger partial charge is 0.134 e. The highest BCUT2D eigenvalue weighted by molar-refractivity contribution is 5.83. The van der Waals surface area contributed by atoms with Gasteiger partial charge in [0.1, 0.15) is 23.2 Å². The van der Waals surface area contributed by atoms with Gasteiger partial charge < -0.3 is 14.7 Å². The molecule has 4 nitrogen and oxygen atoms in total. The fourth-order valence-corrected chi connectivity index (χ4v) is 6.71. The van der Waals surface area contributed by atoms with Gasteiger partial charge >= 0.3 is 0 Å². The van der Waals surface area contributed by atoms with E-state index in [9.17, 15) is 15.0 Å². The molecular weight excluding hydrogens is 338 g/mol. The number of phenols is 1. The predicted molar refractivity (Wildman–Crippen MR) is 104 cm³/mol. The van der Waals surface area contributed by atoms with Crippen LogP contribution in [-0.4, -0.2) is 52.3 Å². The molecule has 2 N–H and O–H groups in total. The number of phenolic OH excluding ortho intramolecular Hbond substituents is 1. The molecular formula is C23H30NO3+. The molecule has 1 heterocycles. The van der Waals surface area contributed by atoms with Crippen LogP contribution in [0.2, 0.25) is 0 Å². The second-order valence-electron chi connectivity index (χ2n) is 9.76. The van der Waals surface area contributed by atoms with Crippen molar-refractivity contribution in [3.8, 4) is 5.75 Å². The number of carbonyl (C=O) groups excluding carboxylic acids is 1. The van der Waals surface area contributed by atoms with E-state index in [1.54, 1.807) is 6.08 Å². The number of ketones is 1. The molecule has 3 aliphatic carbocycles. The highest BCUT2D eigenvalue weighted by atomic mass is 16.3. The summed E-state index contributed by atoms with van der Waals surface area (Å²) in [4.78, 5) is 12.6. The second-order valence-corrected chi connectivity index (χ2v) is 9.76. The van der Waals surface area contributed by atoms with Crippen molar-refractivity contribution in [1.82, 2.24) is 0 Å². The summed E-state index contributed by atoms with van der Waals surface area (Å²) in [5.41, 5.74) is 1.08. The molecule has 0 amide bonds. The average Bonchev–Trinajstić information content (AvgIpc) is 3.43. The summed E-state index contributed by atoms with van der Waals surface area (Å²) < 4.78 is 0.903. The minimum absolute atomic E-state index is 0.0985. The van der Waals surface area contributed by atoms with Crippen LogP contribution in [-0.2, 0) is 16.6 Å². The molecule has 2 saturated carbocycles. The fraction of sp³-hybridized carbons (Fsp3) is 0.609. The zero-order chi connectivity index (χ0) is 19.0. The average molecular weight is 368 g/mol. The Hall–Kier alpha value is -1.65. The Labute approximate surface area is 161 Å². The molecule has 2 bridgehead atoms. The molecule has 5 rings (SSSR count). The summed E-state index contributed by atoms with van der Waals surface area (Å²) in [6.45, 7) is 5.92. The van der Waals surface area contributed by atoms with Crippen LogP contribution in [0.5, 0.6) is 5.75 Å². The van der Waals surface area contributed by atoms with Crippen LogP contribution in [0.15, 0.2) is 18.7 Å². The SMILES string of the molecule is C=Cc1ccc2c(c1O)[C@]13CC[N+](C)(CC4CC4)[C@H](C2)[C@]1(O)CCC(=O)C3. The Morgan fingerprint density at radius 2 is 2.11 bits per heavy atom. The lowest BCUT2D eigenvalue weighted by Gasteiger charge is -2.65. The topological polar surface area (TPSA) is 57.5 Å². The Kier molecular flexibility index (Phi) is 3.52. The number of aromatic hydroxyl groups is 1. The van der Waals surface area contributed by atoms with Crippen LogP contribution in [0.3, 0.4) is 0 Å². The minimum Gasteiger partial charge on any atom is -0.507 e. The Morgan fingerprint density at radius 1 is 1.33 bits per heavy atom. The molecule has 1 unspecified atom stereocenters. The molecule has 3 fully saturated rings. The minimum atomic E-state index is -0.924. The van der Waals surface area contributed by atoms with Crippen molar-refractivity contribution in [3.05, 3.63) is 35.4 Å². The number of aliphatic hydroxyl groups is 1. The van der Waals surface area contributed by atoms with Crippen molar-refractivity contribution in [2.24, 2.45) is 5.92 Å². The zero-order valence-electron chi connectivity index (χ0n) is 16.2. The molecule has 1 aliphatic heterocycles. The lowest BCUT2D eigenvalue weighted by molar-refractivity contribution is -0.950. The van der Waals surface area contributed by atoms with Gasteiger partial charge in [-0.3, -0.25) is 4.79 Å². The van der Waals surface area contributed by atoms with Crippen molar-refractivity contribution in [2.45, 2.75) is 62.0 Å². The Morgan fingerprint density at radius 3 is 2.81 bits per heavy atom. The number of benzene rings is 1. The Bertz CT molecular complexity index is 844. The summed E-state index contributed by atoms with van der Waals surface area (Å²) in [7, 11) is 2.31. The third kappa shape index (κ3) is 2.20.